The molecule has 1 heterocycles. The maximum atomic E-state index is 6.18. The number of aryl methyl sites for hydroxylation is 2. The van der Waals surface area contributed by atoms with Crippen LogP contribution in [-0.2, 0) is 19.4 Å². The van der Waals surface area contributed by atoms with Crippen LogP contribution in [-0.4, -0.2) is 19.0 Å². The lowest BCUT2D eigenvalue weighted by Gasteiger charge is -2.18. The molecule has 0 saturated carbocycles. The molecule has 0 spiro atoms. The number of hydrogen-bond donors (Lipinski definition) is 2. The van der Waals surface area contributed by atoms with Gasteiger partial charge in [0.25, 0.3) is 0 Å². The predicted octanol–water partition coefficient (Wildman–Crippen LogP) is 4.73. The maximum absolute atomic E-state index is 6.18. The van der Waals surface area contributed by atoms with Crippen LogP contribution < -0.4 is 16.0 Å². The molecule has 5 heteroatoms. The lowest BCUT2D eigenvalue weighted by atomic mass is 10.0. The van der Waals surface area contributed by atoms with Crippen molar-refractivity contribution >= 4 is 41.3 Å². The van der Waals surface area contributed by atoms with E-state index >= 15 is 0 Å². The molecule has 1 aliphatic heterocycles. The third-order valence-corrected chi connectivity index (χ3v) is 4.78. The number of para-hydroxylation sites is 1. The second-order valence-corrected chi connectivity index (χ2v) is 6.53. The third-order valence-electron chi connectivity index (χ3n) is 4.78. The number of anilines is 2. The summed E-state index contributed by atoms with van der Waals surface area (Å²) in [6, 6.07) is 14.9. The van der Waals surface area contributed by atoms with Gasteiger partial charge in [0, 0.05) is 24.5 Å². The molecule has 0 unspecified atom stereocenters. The molecule has 27 heavy (non-hydrogen) atoms. The number of guanidine groups is 1. The molecule has 3 rings (SSSR count). The Balaban J connectivity index is 0.00000261. The summed E-state index contributed by atoms with van der Waals surface area (Å²) in [5.74, 6) is 0.467. The van der Waals surface area contributed by atoms with E-state index in [2.05, 4.69) is 83.7 Å². The maximum Gasteiger partial charge on any atom is 0.193 e. The van der Waals surface area contributed by atoms with Crippen molar-refractivity contribution in [2.45, 2.75) is 33.2 Å². The fourth-order valence-electron chi connectivity index (χ4n) is 3.29. The summed E-state index contributed by atoms with van der Waals surface area (Å²) in [6.45, 7) is 6.84. The topological polar surface area (TPSA) is 53.6 Å². The van der Waals surface area contributed by atoms with E-state index in [1.165, 1.54) is 22.4 Å². The minimum Gasteiger partial charge on any atom is -0.370 e. The number of rotatable bonds is 6. The molecule has 2 aromatic rings. The molecule has 0 radical (unpaired) electrons. The standard InChI is InChI=1S/C22H28N4.HI/c1-3-18-10-8-11-19(4-2)21(18)25-22(23)24-16-17-9-7-12-20(15-17)26-13-5-6-14-26;/h5-12,15H,3-4,13-14,16H2,1-2H3,(H3,23,24,25);1H. The Kier molecular flexibility index (Phi) is 8.16. The predicted molar refractivity (Wildman–Crippen MR) is 127 cm³/mol. The molecule has 0 saturated heterocycles. The van der Waals surface area contributed by atoms with E-state index in [0.29, 0.717) is 12.5 Å². The highest BCUT2D eigenvalue weighted by atomic mass is 127. The third kappa shape index (κ3) is 5.48. The fourth-order valence-corrected chi connectivity index (χ4v) is 3.29. The van der Waals surface area contributed by atoms with Gasteiger partial charge in [-0.25, -0.2) is 4.99 Å². The van der Waals surface area contributed by atoms with Crippen LogP contribution in [0.25, 0.3) is 0 Å². The highest BCUT2D eigenvalue weighted by molar-refractivity contribution is 14.0. The molecule has 2 aromatic carbocycles. The second kappa shape index (κ2) is 10.3. The van der Waals surface area contributed by atoms with Gasteiger partial charge >= 0.3 is 0 Å². The van der Waals surface area contributed by atoms with Gasteiger partial charge in [0.05, 0.1) is 6.54 Å². The highest BCUT2D eigenvalue weighted by Crippen LogP contribution is 2.22. The van der Waals surface area contributed by atoms with Crippen LogP contribution in [0.3, 0.4) is 0 Å². The number of nitrogens with two attached hydrogens (primary N) is 1. The van der Waals surface area contributed by atoms with Crippen molar-refractivity contribution in [3.05, 3.63) is 71.3 Å². The zero-order valence-corrected chi connectivity index (χ0v) is 18.4. The van der Waals surface area contributed by atoms with Crippen molar-refractivity contribution in [2.75, 3.05) is 23.3 Å². The largest absolute Gasteiger partial charge is 0.370 e. The summed E-state index contributed by atoms with van der Waals surface area (Å²) in [5.41, 5.74) is 12.2. The first-order valence-electron chi connectivity index (χ1n) is 9.37. The van der Waals surface area contributed by atoms with Crippen molar-refractivity contribution in [3.63, 3.8) is 0 Å². The van der Waals surface area contributed by atoms with Crippen LogP contribution in [0.2, 0.25) is 0 Å². The number of hydrogen-bond acceptors (Lipinski definition) is 2. The number of aliphatic imine (C=N–C) groups is 1. The molecular weight excluding hydrogens is 447 g/mol. The molecule has 0 atom stereocenters. The van der Waals surface area contributed by atoms with Crippen LogP contribution in [0.4, 0.5) is 11.4 Å². The van der Waals surface area contributed by atoms with Gasteiger partial charge in [-0.1, -0.05) is 56.3 Å². The van der Waals surface area contributed by atoms with E-state index in [1.54, 1.807) is 0 Å². The van der Waals surface area contributed by atoms with E-state index in [0.717, 1.165) is 31.6 Å². The minimum absolute atomic E-state index is 0. The van der Waals surface area contributed by atoms with Crippen LogP contribution >= 0.6 is 24.0 Å². The monoisotopic (exact) mass is 476 g/mol. The van der Waals surface area contributed by atoms with Crippen molar-refractivity contribution in [2.24, 2.45) is 10.7 Å². The molecule has 3 N–H and O–H groups in total. The normalized spacial score (nSPS) is 13.6. The van der Waals surface area contributed by atoms with Gasteiger partial charge in [0.15, 0.2) is 5.96 Å². The summed E-state index contributed by atoms with van der Waals surface area (Å²) in [6.07, 6.45) is 6.33. The molecule has 0 aliphatic carbocycles. The Morgan fingerprint density at radius 1 is 1.04 bits per heavy atom. The van der Waals surface area contributed by atoms with Gasteiger partial charge in [-0.05, 0) is 41.7 Å². The zero-order valence-electron chi connectivity index (χ0n) is 16.1. The van der Waals surface area contributed by atoms with Crippen molar-refractivity contribution in [1.82, 2.24) is 0 Å². The van der Waals surface area contributed by atoms with E-state index in [-0.39, 0.29) is 24.0 Å². The smallest absolute Gasteiger partial charge is 0.193 e. The highest BCUT2D eigenvalue weighted by Gasteiger charge is 2.09. The lowest BCUT2D eigenvalue weighted by molar-refractivity contribution is 0.993. The minimum atomic E-state index is 0. The number of nitrogens with zero attached hydrogens (tertiary/aromatic N) is 2. The summed E-state index contributed by atoms with van der Waals surface area (Å²) in [7, 11) is 0. The molecular formula is C22H29IN4. The van der Waals surface area contributed by atoms with E-state index < -0.39 is 0 Å². The van der Waals surface area contributed by atoms with E-state index in [1.807, 2.05) is 0 Å². The summed E-state index contributed by atoms with van der Waals surface area (Å²) < 4.78 is 0. The summed E-state index contributed by atoms with van der Waals surface area (Å²) in [4.78, 5) is 6.89. The van der Waals surface area contributed by atoms with E-state index in [4.69, 9.17) is 5.73 Å². The Morgan fingerprint density at radius 3 is 2.30 bits per heavy atom. The molecule has 144 valence electrons. The molecule has 0 bridgehead atoms. The first kappa shape index (κ1) is 21.3. The quantitative estimate of drug-likeness (QED) is 0.274. The Labute approximate surface area is 179 Å². The van der Waals surface area contributed by atoms with Gasteiger partial charge < -0.3 is 16.0 Å². The van der Waals surface area contributed by atoms with Crippen LogP contribution in [0.5, 0.6) is 0 Å². The van der Waals surface area contributed by atoms with Gasteiger partial charge in [0.2, 0.25) is 0 Å². The van der Waals surface area contributed by atoms with Gasteiger partial charge in [-0.15, -0.1) is 24.0 Å². The van der Waals surface area contributed by atoms with Crippen molar-refractivity contribution < 1.29 is 0 Å². The molecule has 0 amide bonds. The van der Waals surface area contributed by atoms with E-state index in [9.17, 15) is 0 Å². The summed E-state index contributed by atoms with van der Waals surface area (Å²) in [5, 5.41) is 3.33. The second-order valence-electron chi connectivity index (χ2n) is 6.53. The van der Waals surface area contributed by atoms with Crippen molar-refractivity contribution in [3.8, 4) is 0 Å². The average molecular weight is 476 g/mol. The lowest BCUT2D eigenvalue weighted by Crippen LogP contribution is -2.24. The van der Waals surface area contributed by atoms with Crippen LogP contribution in [0, 0.1) is 0 Å². The molecule has 1 aliphatic rings. The van der Waals surface area contributed by atoms with Gasteiger partial charge in [-0.3, -0.25) is 0 Å². The number of nitrogens with one attached hydrogen (secondary N) is 1. The SMILES string of the molecule is CCc1cccc(CC)c1NC(N)=NCc1cccc(N2CC=CC2)c1.I. The number of benzene rings is 2. The van der Waals surface area contributed by atoms with Gasteiger partial charge in [0.1, 0.15) is 0 Å². The van der Waals surface area contributed by atoms with Crippen LogP contribution in [0.15, 0.2) is 59.6 Å². The first-order chi connectivity index (χ1) is 12.7. The average Bonchev–Trinajstić information content (AvgIpc) is 3.21. The zero-order chi connectivity index (χ0) is 18.4. The Morgan fingerprint density at radius 2 is 1.67 bits per heavy atom. The fraction of sp³-hybridized carbons (Fsp3) is 0.318. The van der Waals surface area contributed by atoms with Crippen molar-refractivity contribution in [1.29, 1.82) is 0 Å². The summed E-state index contributed by atoms with van der Waals surface area (Å²) >= 11 is 0. The molecule has 0 fully saturated rings. The Bertz CT molecular complexity index is 783. The first-order valence-corrected chi connectivity index (χ1v) is 9.37. The molecule has 0 aromatic heterocycles. The van der Waals surface area contributed by atoms with Crippen LogP contribution in [0.1, 0.15) is 30.5 Å². The number of halogens is 1. The Hall–Kier alpha value is -2.02. The van der Waals surface area contributed by atoms with Gasteiger partial charge in [-0.2, -0.15) is 0 Å². The molecule has 4 nitrogen and oxygen atoms in total.